The quantitative estimate of drug-likeness (QED) is 0.0971. The van der Waals surface area contributed by atoms with Gasteiger partial charge >= 0.3 is 39.0 Å². The maximum Gasteiger partial charge on any atom is 3.00 e. The molecule has 0 saturated carbocycles. The summed E-state index contributed by atoms with van der Waals surface area (Å²) < 4.78 is 12.3. The van der Waals surface area contributed by atoms with E-state index in [1.54, 1.807) is 10.9 Å². The van der Waals surface area contributed by atoms with Crippen molar-refractivity contribution >= 4 is 98.9 Å². The number of hydrogen-bond acceptors (Lipinski definition) is 12. The Morgan fingerprint density at radius 1 is 0.350 bits per heavy atom. The predicted octanol–water partition coefficient (Wildman–Crippen LogP) is 25.6. The van der Waals surface area contributed by atoms with E-state index in [0.717, 1.165) is 78.6 Å². The molecule has 13 nitrogen and oxygen atoms in total. The van der Waals surface area contributed by atoms with Gasteiger partial charge in [0, 0.05) is 91.3 Å². The largest absolute Gasteiger partial charge is 3.00 e. The minimum Gasteiger partial charge on any atom is -0.510 e. The van der Waals surface area contributed by atoms with Gasteiger partial charge in [-0.2, -0.15) is 170 Å². The third kappa shape index (κ3) is 19.8. The number of furan rings is 1. The van der Waals surface area contributed by atoms with Crippen LogP contribution in [0.15, 0.2) is 357 Å². The van der Waals surface area contributed by atoms with E-state index < -0.39 is 0 Å². The van der Waals surface area contributed by atoms with Gasteiger partial charge in [0.15, 0.2) is 0 Å². The molecular formula is C106H86N12ORh3S-4. The van der Waals surface area contributed by atoms with Gasteiger partial charge in [0.1, 0.15) is 11.2 Å². The van der Waals surface area contributed by atoms with Crippen LogP contribution in [-0.4, -0.2) is 57.6 Å². The van der Waals surface area contributed by atoms with Crippen molar-refractivity contribution in [3.8, 4) is 55.9 Å². The van der Waals surface area contributed by atoms with Crippen molar-refractivity contribution < 1.29 is 62.9 Å². The smallest absolute Gasteiger partial charge is 0.510 e. The molecule has 4 aliphatic rings. The zero-order chi connectivity index (χ0) is 82.0. The van der Waals surface area contributed by atoms with Crippen LogP contribution in [0.4, 0.5) is 45.5 Å². The minimum absolute atomic E-state index is 0. The first-order valence-electron chi connectivity index (χ1n) is 39.8. The number of benzene rings is 14. The van der Waals surface area contributed by atoms with Crippen LogP contribution in [0.25, 0.3) is 98.0 Å². The van der Waals surface area contributed by atoms with Gasteiger partial charge in [-0.1, -0.05) is 155 Å². The van der Waals surface area contributed by atoms with Crippen molar-refractivity contribution in [1.29, 1.82) is 0 Å². The first-order valence-corrected chi connectivity index (χ1v) is 40.6. The molecule has 18 aromatic rings. The average Bonchev–Trinajstić information content (AvgIpc) is 1.67. The summed E-state index contributed by atoms with van der Waals surface area (Å²) in [7, 11) is 8.16. The molecule has 0 bridgehead atoms. The van der Waals surface area contributed by atoms with Crippen LogP contribution in [0.1, 0.15) is 22.5 Å². The number of aryl methyl sites for hydroxylation is 4. The van der Waals surface area contributed by atoms with Gasteiger partial charge in [-0.05, 0) is 164 Å². The van der Waals surface area contributed by atoms with Crippen LogP contribution in [0.5, 0.6) is 0 Å². The van der Waals surface area contributed by atoms with E-state index in [0.29, 0.717) is 0 Å². The number of nitrogens with zero attached hydrogens (tertiary/aromatic N) is 12. The van der Waals surface area contributed by atoms with Crippen LogP contribution in [0.3, 0.4) is 0 Å². The van der Waals surface area contributed by atoms with Gasteiger partial charge in [-0.3, -0.25) is 9.36 Å². The van der Waals surface area contributed by atoms with Gasteiger partial charge in [0.25, 0.3) is 0 Å². The Kier molecular flexibility index (Phi) is 28.1. The first kappa shape index (κ1) is 86.6. The number of rotatable bonds is 10. The summed E-state index contributed by atoms with van der Waals surface area (Å²) in [5.41, 5.74) is 27.3. The summed E-state index contributed by atoms with van der Waals surface area (Å²) in [6.07, 6.45) is 11.7. The summed E-state index contributed by atoms with van der Waals surface area (Å²) in [4.78, 5) is 16.8. The molecule has 17 heteroatoms. The van der Waals surface area contributed by atoms with Crippen molar-refractivity contribution in [3.05, 3.63) is 438 Å². The van der Waals surface area contributed by atoms with Crippen molar-refractivity contribution in [1.82, 2.24) is 29.4 Å². The average molecular weight is 1880 g/mol. The molecule has 0 fully saturated rings. The Balaban J connectivity index is 0.000000123. The number of fused-ring (bicyclic) bond motifs is 8. The molecule has 4 aliphatic heterocycles. The van der Waals surface area contributed by atoms with E-state index in [4.69, 9.17) is 4.42 Å². The minimum atomic E-state index is 0. The topological polar surface area (TPSA) is 74.7 Å². The Morgan fingerprint density at radius 2 is 0.821 bits per heavy atom. The molecule has 8 heterocycles. The van der Waals surface area contributed by atoms with Crippen molar-refractivity contribution in [2.45, 2.75) is 27.7 Å². The predicted molar refractivity (Wildman–Crippen MR) is 497 cm³/mol. The second kappa shape index (κ2) is 39.9. The molecule has 0 unspecified atom stereocenters. The fraction of sp³-hybridized carbons (Fsp3) is 0.0755. The zero-order valence-corrected chi connectivity index (χ0v) is 74.7. The Bertz CT molecular complexity index is 6380. The van der Waals surface area contributed by atoms with Crippen LogP contribution in [0, 0.1) is 90.8 Å². The van der Waals surface area contributed by atoms with E-state index in [-0.39, 0.29) is 58.4 Å². The fourth-order valence-corrected chi connectivity index (χ4v) is 16.4. The molecule has 123 heavy (non-hydrogen) atoms. The van der Waals surface area contributed by atoms with E-state index in [1.807, 2.05) is 200 Å². The molecule has 1 radical (unpaired) electrons. The van der Waals surface area contributed by atoms with Gasteiger partial charge in [0.05, 0.1) is 5.69 Å². The number of thiophene rings is 1. The third-order valence-corrected chi connectivity index (χ3v) is 22.2. The third-order valence-electron chi connectivity index (χ3n) is 21.0. The maximum absolute atomic E-state index is 5.99. The second-order valence-electron chi connectivity index (χ2n) is 29.5. The number of anilines is 8. The molecule has 0 aliphatic carbocycles. The normalized spacial score (nSPS) is 12.7. The van der Waals surface area contributed by atoms with E-state index in [1.165, 1.54) is 87.4 Å². The SMILES string of the molecule is CN1C=CN(c2[c-]cc(-c3ccc4c(c3)oc3ccccc34)cc2)[CH-]1.CN1C=CN(c2[c-]cc(-c3ccc4c(c3)sc3ccccc34)cc2)[CH-]1.CN1[CH-]N(c2[c-]cccc2)c2ccccc21.Cc1cc(-c2ccccc2)cc(C)c1-c1c[c-]c(N2[CH-]N(C)c3ccccc32)cc1.Cc1cc(C)n(-c2[c-]cccc2)n1.[Rh+3].[Rh+3].[Rh].[c-]1ccccc1-n1cccn1. The second-order valence-corrected chi connectivity index (χ2v) is 30.6. The van der Waals surface area contributed by atoms with Gasteiger partial charge < -0.3 is 43.6 Å². The van der Waals surface area contributed by atoms with E-state index in [2.05, 4.69) is 331 Å². The molecule has 14 aromatic carbocycles. The molecule has 0 N–H and O–H groups in total. The molecule has 0 amide bonds. The Morgan fingerprint density at radius 3 is 1.35 bits per heavy atom. The van der Waals surface area contributed by atoms with Crippen molar-refractivity contribution in [2.75, 3.05) is 57.6 Å². The van der Waals surface area contributed by atoms with Crippen molar-refractivity contribution in [3.63, 3.8) is 0 Å². The molecule has 613 valence electrons. The maximum atomic E-state index is 5.99. The molecule has 4 aromatic heterocycles. The Hall–Kier alpha value is -12.7. The standard InChI is InChI=1S/C28H24N2.C22H16N2O.C22H16N2S.C14H12N2.C11H11N2.C9H7N2.3Rh/c1-20-17-24(22-9-5-4-6-10-22)18-21(2)28(20)23-13-15-25(16-14-23)30-19-29(3)26-11-7-8-12-27(26)30;2*1-23-12-13-24(15-23)18-9-6-16(7-10-18)17-8-11-20-19-4-2-3-5-21(19)25-22(20)14-17;1-15-11-16(12-7-3-2-4-8-12)14-10-6-5-9-13(14)15;1-9-8-10(2)13(12-9)11-6-4-3-5-7-11;1-2-5-9(6-3-1)11-8-4-7-10-11;;;/h4-15,17-19H,1-3H3;2*2-9,11-15H,1H3;2-7,9-11H,1H3;3-6,8H,1-2H3;1-5,7-8H;;;/q4*-2;2*-1;;2*+3. The molecule has 0 saturated heterocycles. The van der Waals surface area contributed by atoms with Crippen LogP contribution < -0.4 is 29.4 Å². The number of aromatic nitrogens is 4. The summed E-state index contributed by atoms with van der Waals surface area (Å²) >= 11 is 1.86. The summed E-state index contributed by atoms with van der Waals surface area (Å²) in [5, 5.41) is 13.4. The number of hydrogen-bond donors (Lipinski definition) is 0. The summed E-state index contributed by atoms with van der Waals surface area (Å²) in [5.74, 6) is 0. The van der Waals surface area contributed by atoms with Gasteiger partial charge in [-0.15, -0.1) is 81.1 Å². The molecule has 0 atom stereocenters. The van der Waals surface area contributed by atoms with E-state index in [9.17, 15) is 0 Å². The zero-order valence-electron chi connectivity index (χ0n) is 69.0. The van der Waals surface area contributed by atoms with Gasteiger partial charge in [-0.25, -0.2) is 0 Å². The molecular weight excluding hydrogens is 1800 g/mol. The fourth-order valence-electron chi connectivity index (χ4n) is 15.2. The number of para-hydroxylation sites is 8. The summed E-state index contributed by atoms with van der Waals surface area (Å²) in [6.45, 7) is 16.7. The van der Waals surface area contributed by atoms with Crippen LogP contribution in [-0.2, 0) is 58.4 Å². The summed E-state index contributed by atoms with van der Waals surface area (Å²) in [6, 6.07) is 128. The Labute approximate surface area is 764 Å². The monoisotopic (exact) mass is 1880 g/mol. The first-order chi connectivity index (χ1) is 58.8. The van der Waals surface area contributed by atoms with Gasteiger partial charge in [0.2, 0.25) is 0 Å². The van der Waals surface area contributed by atoms with Crippen LogP contribution in [0.2, 0.25) is 0 Å². The molecule has 22 rings (SSSR count). The van der Waals surface area contributed by atoms with Crippen molar-refractivity contribution in [2.24, 2.45) is 0 Å². The van der Waals surface area contributed by atoms with Crippen LogP contribution >= 0.6 is 11.3 Å². The molecule has 0 spiro atoms. The van der Waals surface area contributed by atoms with E-state index >= 15 is 0 Å².